The molecule has 1 amide bonds. The predicted octanol–water partition coefficient (Wildman–Crippen LogP) is 4.41. The van der Waals surface area contributed by atoms with Crippen LogP contribution in [0.1, 0.15) is 30.0 Å². The van der Waals surface area contributed by atoms with E-state index in [1.165, 1.54) is 5.56 Å². The topological polar surface area (TPSA) is 38.3 Å². The highest BCUT2D eigenvalue weighted by Gasteiger charge is 2.18. The summed E-state index contributed by atoms with van der Waals surface area (Å²) in [6.07, 6.45) is 0.119. The van der Waals surface area contributed by atoms with Gasteiger partial charge < -0.3 is 10.1 Å². The van der Waals surface area contributed by atoms with Crippen LogP contribution in [0.15, 0.2) is 42.5 Å². The Labute approximate surface area is 132 Å². The number of ether oxygens (including phenoxy) is 1. The van der Waals surface area contributed by atoms with Crippen molar-refractivity contribution in [3.05, 3.63) is 59.2 Å². The molecule has 2 rings (SSSR count). The summed E-state index contributed by atoms with van der Waals surface area (Å²) in [7, 11) is 0. The molecule has 116 valence electrons. The lowest BCUT2D eigenvalue weighted by Crippen LogP contribution is -2.32. The van der Waals surface area contributed by atoms with Gasteiger partial charge in [-0.15, -0.1) is 0 Å². The lowest BCUT2D eigenvalue weighted by Gasteiger charge is -2.18. The van der Waals surface area contributed by atoms with Gasteiger partial charge in [-0.3, -0.25) is 4.79 Å². The number of amides is 1. The van der Waals surface area contributed by atoms with Gasteiger partial charge in [0.25, 0.3) is 5.91 Å². The highest BCUT2D eigenvalue weighted by molar-refractivity contribution is 5.94. The van der Waals surface area contributed by atoms with E-state index in [1.807, 2.05) is 63.2 Å². The van der Waals surface area contributed by atoms with Crippen LogP contribution in [0.2, 0.25) is 0 Å². The van der Waals surface area contributed by atoms with Gasteiger partial charge in [-0.1, -0.05) is 30.7 Å². The summed E-state index contributed by atoms with van der Waals surface area (Å²) >= 11 is 0. The third kappa shape index (κ3) is 4.10. The molecular formula is C19H23NO2. The van der Waals surface area contributed by atoms with Crippen LogP contribution < -0.4 is 10.1 Å². The smallest absolute Gasteiger partial charge is 0.265 e. The molecule has 0 saturated carbocycles. The van der Waals surface area contributed by atoms with E-state index in [4.69, 9.17) is 4.74 Å². The SMILES string of the molecule is CC[C@H](Oc1ccc(C)c(C)c1)C(=O)Nc1ccc(C)cc1. The summed E-state index contributed by atoms with van der Waals surface area (Å²) in [6, 6.07) is 13.6. The van der Waals surface area contributed by atoms with Gasteiger partial charge in [0.2, 0.25) is 0 Å². The van der Waals surface area contributed by atoms with Crippen molar-refractivity contribution < 1.29 is 9.53 Å². The number of carbonyl (C=O) groups excluding carboxylic acids is 1. The third-order valence-electron chi connectivity index (χ3n) is 3.74. The molecule has 0 saturated heterocycles. The average Bonchev–Trinajstić information content (AvgIpc) is 2.50. The molecule has 2 aromatic rings. The zero-order valence-corrected chi connectivity index (χ0v) is 13.6. The van der Waals surface area contributed by atoms with E-state index in [0.717, 1.165) is 22.6 Å². The fraction of sp³-hybridized carbons (Fsp3) is 0.316. The van der Waals surface area contributed by atoms with Crippen molar-refractivity contribution in [3.8, 4) is 5.75 Å². The molecule has 0 bridgehead atoms. The number of hydrogen-bond donors (Lipinski definition) is 1. The van der Waals surface area contributed by atoms with Gasteiger partial charge in [-0.25, -0.2) is 0 Å². The van der Waals surface area contributed by atoms with E-state index in [1.54, 1.807) is 0 Å². The molecule has 0 aromatic heterocycles. The molecule has 3 nitrogen and oxygen atoms in total. The number of aryl methyl sites for hydroxylation is 3. The first kappa shape index (κ1) is 16.1. The summed E-state index contributed by atoms with van der Waals surface area (Å²) in [5, 5.41) is 2.90. The minimum atomic E-state index is -0.497. The first-order chi connectivity index (χ1) is 10.5. The van der Waals surface area contributed by atoms with Crippen molar-refractivity contribution >= 4 is 11.6 Å². The summed E-state index contributed by atoms with van der Waals surface area (Å²) in [5.41, 5.74) is 4.32. The van der Waals surface area contributed by atoms with Gasteiger partial charge in [0, 0.05) is 5.69 Å². The number of nitrogens with one attached hydrogen (secondary N) is 1. The number of hydrogen-bond acceptors (Lipinski definition) is 2. The summed E-state index contributed by atoms with van der Waals surface area (Å²) < 4.78 is 5.85. The maximum atomic E-state index is 12.3. The Hall–Kier alpha value is -2.29. The van der Waals surface area contributed by atoms with Crippen LogP contribution in [0.5, 0.6) is 5.75 Å². The normalized spacial score (nSPS) is 11.8. The number of carbonyl (C=O) groups is 1. The van der Waals surface area contributed by atoms with E-state index in [2.05, 4.69) is 12.2 Å². The molecule has 0 fully saturated rings. The van der Waals surface area contributed by atoms with Crippen LogP contribution in [0.4, 0.5) is 5.69 Å². The molecule has 0 aliphatic rings. The van der Waals surface area contributed by atoms with Crippen molar-refractivity contribution in [2.75, 3.05) is 5.32 Å². The second-order valence-corrected chi connectivity index (χ2v) is 5.62. The van der Waals surface area contributed by atoms with Gasteiger partial charge >= 0.3 is 0 Å². The van der Waals surface area contributed by atoms with Crippen LogP contribution in [-0.2, 0) is 4.79 Å². The second-order valence-electron chi connectivity index (χ2n) is 5.62. The molecule has 2 aromatic carbocycles. The molecule has 0 unspecified atom stereocenters. The van der Waals surface area contributed by atoms with E-state index >= 15 is 0 Å². The molecular weight excluding hydrogens is 274 g/mol. The number of rotatable bonds is 5. The Kier molecular flexibility index (Phi) is 5.21. The van der Waals surface area contributed by atoms with E-state index in [0.29, 0.717) is 6.42 Å². The number of anilines is 1. The molecule has 0 heterocycles. The highest BCUT2D eigenvalue weighted by Crippen LogP contribution is 2.19. The fourth-order valence-electron chi connectivity index (χ4n) is 2.13. The Morgan fingerprint density at radius 3 is 2.32 bits per heavy atom. The van der Waals surface area contributed by atoms with Crippen LogP contribution >= 0.6 is 0 Å². The minimum absolute atomic E-state index is 0.121. The molecule has 1 N–H and O–H groups in total. The molecule has 0 aliphatic heterocycles. The van der Waals surface area contributed by atoms with Crippen molar-refractivity contribution in [2.45, 2.75) is 40.2 Å². The lowest BCUT2D eigenvalue weighted by atomic mass is 10.1. The summed E-state index contributed by atoms with van der Waals surface area (Å²) in [6.45, 7) is 8.06. The summed E-state index contributed by atoms with van der Waals surface area (Å²) in [4.78, 5) is 12.3. The van der Waals surface area contributed by atoms with Gasteiger partial charge in [-0.2, -0.15) is 0 Å². The van der Waals surface area contributed by atoms with Gasteiger partial charge in [0.05, 0.1) is 0 Å². The lowest BCUT2D eigenvalue weighted by molar-refractivity contribution is -0.122. The zero-order valence-electron chi connectivity index (χ0n) is 13.6. The maximum Gasteiger partial charge on any atom is 0.265 e. The minimum Gasteiger partial charge on any atom is -0.481 e. The highest BCUT2D eigenvalue weighted by atomic mass is 16.5. The van der Waals surface area contributed by atoms with Gasteiger partial charge in [-0.05, 0) is 62.6 Å². The van der Waals surface area contributed by atoms with Crippen molar-refractivity contribution in [1.82, 2.24) is 0 Å². The first-order valence-corrected chi connectivity index (χ1v) is 7.61. The molecule has 1 atom stereocenters. The zero-order chi connectivity index (χ0) is 16.1. The first-order valence-electron chi connectivity index (χ1n) is 7.61. The molecule has 0 aliphatic carbocycles. The van der Waals surface area contributed by atoms with Crippen LogP contribution in [-0.4, -0.2) is 12.0 Å². The van der Waals surface area contributed by atoms with Crippen LogP contribution in [0.25, 0.3) is 0 Å². The second kappa shape index (κ2) is 7.12. The Bertz CT molecular complexity index is 647. The predicted molar refractivity (Wildman–Crippen MR) is 90.4 cm³/mol. The average molecular weight is 297 g/mol. The monoisotopic (exact) mass is 297 g/mol. The van der Waals surface area contributed by atoms with Gasteiger partial charge in [0.1, 0.15) is 5.75 Å². The molecule has 22 heavy (non-hydrogen) atoms. The Morgan fingerprint density at radius 2 is 1.73 bits per heavy atom. The van der Waals surface area contributed by atoms with Crippen molar-refractivity contribution in [2.24, 2.45) is 0 Å². The Morgan fingerprint density at radius 1 is 1.05 bits per heavy atom. The van der Waals surface area contributed by atoms with Crippen molar-refractivity contribution in [1.29, 1.82) is 0 Å². The number of benzene rings is 2. The summed E-state index contributed by atoms with van der Waals surface area (Å²) in [5.74, 6) is 0.610. The maximum absolute atomic E-state index is 12.3. The van der Waals surface area contributed by atoms with Crippen LogP contribution in [0.3, 0.4) is 0 Å². The largest absolute Gasteiger partial charge is 0.481 e. The molecule has 3 heteroatoms. The standard InChI is InChI=1S/C19H23NO2/c1-5-18(22-17-11-8-14(3)15(4)12-17)19(21)20-16-9-6-13(2)7-10-16/h6-12,18H,5H2,1-4H3,(H,20,21)/t18-/m0/s1. The van der Waals surface area contributed by atoms with Gasteiger partial charge in [0.15, 0.2) is 6.10 Å². The molecule has 0 radical (unpaired) electrons. The Balaban J connectivity index is 2.05. The van der Waals surface area contributed by atoms with E-state index in [9.17, 15) is 4.79 Å². The van der Waals surface area contributed by atoms with Crippen LogP contribution in [0, 0.1) is 20.8 Å². The third-order valence-corrected chi connectivity index (χ3v) is 3.74. The fourth-order valence-corrected chi connectivity index (χ4v) is 2.13. The molecule has 0 spiro atoms. The quantitative estimate of drug-likeness (QED) is 0.888. The van der Waals surface area contributed by atoms with E-state index < -0.39 is 6.10 Å². The van der Waals surface area contributed by atoms with E-state index in [-0.39, 0.29) is 5.91 Å². The van der Waals surface area contributed by atoms with Crippen molar-refractivity contribution in [3.63, 3.8) is 0 Å².